The molecule has 0 amide bonds. The van der Waals surface area contributed by atoms with E-state index in [2.05, 4.69) is 4.72 Å². The normalized spacial score (nSPS) is 11.2. The predicted molar refractivity (Wildman–Crippen MR) is 73.4 cm³/mol. The Balaban J connectivity index is 2.23. The highest BCUT2D eigenvalue weighted by Gasteiger charge is 2.17. The van der Waals surface area contributed by atoms with E-state index >= 15 is 0 Å². The Bertz CT molecular complexity index is 770. The van der Waals surface area contributed by atoms with Crippen LogP contribution in [0.25, 0.3) is 0 Å². The van der Waals surface area contributed by atoms with E-state index in [0.29, 0.717) is 16.9 Å². The van der Waals surface area contributed by atoms with Crippen LogP contribution >= 0.6 is 0 Å². The predicted octanol–water partition coefficient (Wildman–Crippen LogP) is 2.25. The molecule has 1 aromatic carbocycles. The molecule has 20 heavy (non-hydrogen) atoms. The number of hydrogen-bond acceptors (Lipinski definition) is 4. The number of nitrogens with one attached hydrogen (secondary N) is 1. The van der Waals surface area contributed by atoms with Gasteiger partial charge >= 0.3 is 0 Å². The molecule has 0 spiro atoms. The molecular formula is C14H14N2O3S. The lowest BCUT2D eigenvalue weighted by Crippen LogP contribution is -2.24. The quantitative estimate of drug-likeness (QED) is 0.936. The highest BCUT2D eigenvalue weighted by atomic mass is 32.2. The van der Waals surface area contributed by atoms with Gasteiger partial charge in [0.1, 0.15) is 5.76 Å². The molecule has 1 N–H and O–H groups in total. The number of furan rings is 1. The van der Waals surface area contributed by atoms with E-state index < -0.39 is 10.0 Å². The molecule has 1 aromatic heterocycles. The van der Waals surface area contributed by atoms with Crippen LogP contribution in [0.5, 0.6) is 0 Å². The number of aryl methyl sites for hydroxylation is 2. The molecule has 6 heteroatoms. The molecular weight excluding hydrogens is 276 g/mol. The van der Waals surface area contributed by atoms with E-state index in [9.17, 15) is 8.42 Å². The topological polar surface area (TPSA) is 83.1 Å². The minimum Gasteiger partial charge on any atom is -0.469 e. The van der Waals surface area contributed by atoms with Gasteiger partial charge < -0.3 is 4.42 Å². The molecule has 0 atom stereocenters. The van der Waals surface area contributed by atoms with Crippen LogP contribution in [0.15, 0.2) is 39.8 Å². The number of rotatable bonds is 4. The third kappa shape index (κ3) is 2.90. The zero-order chi connectivity index (χ0) is 14.8. The first-order valence-corrected chi connectivity index (χ1v) is 7.46. The van der Waals surface area contributed by atoms with E-state index in [4.69, 9.17) is 9.68 Å². The summed E-state index contributed by atoms with van der Waals surface area (Å²) in [6.07, 6.45) is 1.52. The summed E-state index contributed by atoms with van der Waals surface area (Å²) in [5, 5.41) is 8.79. The van der Waals surface area contributed by atoms with E-state index in [0.717, 1.165) is 5.56 Å². The van der Waals surface area contributed by atoms with Crippen LogP contribution in [0.2, 0.25) is 0 Å². The van der Waals surface area contributed by atoms with E-state index in [1.807, 2.05) is 6.07 Å². The number of nitrogens with zero attached hydrogens (tertiary/aromatic N) is 1. The molecule has 0 aliphatic rings. The number of sulfonamides is 1. The van der Waals surface area contributed by atoms with Crippen molar-refractivity contribution >= 4 is 10.0 Å². The summed E-state index contributed by atoms with van der Waals surface area (Å²) in [6, 6.07) is 8.19. The third-order valence-electron chi connectivity index (χ3n) is 3.01. The molecule has 0 saturated heterocycles. The molecule has 1 heterocycles. The Morgan fingerprint density at radius 1 is 1.30 bits per heavy atom. The second-order valence-corrected chi connectivity index (χ2v) is 6.15. The summed E-state index contributed by atoms with van der Waals surface area (Å²) in [6.45, 7) is 3.61. The molecule has 104 valence electrons. The first kappa shape index (κ1) is 14.3. The van der Waals surface area contributed by atoms with Crippen molar-refractivity contribution in [2.75, 3.05) is 0 Å². The van der Waals surface area contributed by atoms with Gasteiger partial charge in [-0.15, -0.1) is 0 Å². The lowest BCUT2D eigenvalue weighted by molar-refractivity contribution is 0.528. The van der Waals surface area contributed by atoms with Crippen molar-refractivity contribution in [1.29, 1.82) is 5.26 Å². The number of nitriles is 1. The van der Waals surface area contributed by atoms with Crippen molar-refractivity contribution in [1.82, 2.24) is 4.72 Å². The van der Waals surface area contributed by atoms with E-state index in [-0.39, 0.29) is 11.4 Å². The molecule has 2 rings (SSSR count). The smallest absolute Gasteiger partial charge is 0.241 e. The first-order chi connectivity index (χ1) is 9.44. The van der Waals surface area contributed by atoms with Crippen molar-refractivity contribution in [2.24, 2.45) is 0 Å². The van der Waals surface area contributed by atoms with Gasteiger partial charge in [0, 0.05) is 12.1 Å². The fraction of sp³-hybridized carbons (Fsp3) is 0.214. The molecule has 0 saturated carbocycles. The third-order valence-corrected chi connectivity index (χ3v) is 4.57. The Kier molecular flexibility index (Phi) is 3.93. The summed E-state index contributed by atoms with van der Waals surface area (Å²) >= 11 is 0. The second kappa shape index (κ2) is 5.49. The summed E-state index contributed by atoms with van der Waals surface area (Å²) in [5.41, 5.74) is 1.77. The minimum atomic E-state index is -3.61. The largest absolute Gasteiger partial charge is 0.469 e. The molecule has 0 unspecified atom stereocenters. The van der Waals surface area contributed by atoms with Gasteiger partial charge in [0.25, 0.3) is 0 Å². The van der Waals surface area contributed by atoms with Gasteiger partial charge in [-0.05, 0) is 43.7 Å². The average Bonchev–Trinajstić information content (AvgIpc) is 2.81. The monoisotopic (exact) mass is 290 g/mol. The Labute approximate surface area is 117 Å². The highest BCUT2D eigenvalue weighted by molar-refractivity contribution is 7.89. The molecule has 0 aliphatic carbocycles. The summed E-state index contributed by atoms with van der Waals surface area (Å²) in [4.78, 5) is 0.178. The highest BCUT2D eigenvalue weighted by Crippen LogP contribution is 2.17. The van der Waals surface area contributed by atoms with Crippen LogP contribution in [0.4, 0.5) is 0 Å². The van der Waals surface area contributed by atoms with Crippen LogP contribution in [0.3, 0.4) is 0 Å². The fourth-order valence-electron chi connectivity index (χ4n) is 1.87. The van der Waals surface area contributed by atoms with Gasteiger partial charge in [-0.2, -0.15) is 5.26 Å². The lowest BCUT2D eigenvalue weighted by Gasteiger charge is -2.09. The van der Waals surface area contributed by atoms with Crippen molar-refractivity contribution in [2.45, 2.75) is 25.3 Å². The number of hydrogen-bond donors (Lipinski definition) is 1. The summed E-state index contributed by atoms with van der Waals surface area (Å²) in [7, 11) is -3.61. The maximum absolute atomic E-state index is 12.2. The Hall–Kier alpha value is -2.10. The second-order valence-electron chi connectivity index (χ2n) is 4.42. The number of benzene rings is 1. The SMILES string of the molecule is Cc1cc(C#N)ccc1S(=O)(=O)NCc1ccoc1C. The van der Waals surface area contributed by atoms with Gasteiger partial charge in [-0.3, -0.25) is 0 Å². The molecule has 5 nitrogen and oxygen atoms in total. The van der Waals surface area contributed by atoms with Gasteiger partial charge in [0.2, 0.25) is 10.0 Å². The van der Waals surface area contributed by atoms with Crippen molar-refractivity contribution in [3.63, 3.8) is 0 Å². The standard InChI is InChI=1S/C14H14N2O3S/c1-10-7-12(8-15)3-4-14(10)20(17,18)16-9-13-5-6-19-11(13)2/h3-7,16H,9H2,1-2H3. The van der Waals surface area contributed by atoms with Crippen molar-refractivity contribution in [3.8, 4) is 6.07 Å². The molecule has 2 aromatic rings. The Morgan fingerprint density at radius 2 is 2.05 bits per heavy atom. The van der Waals surface area contributed by atoms with Crippen LogP contribution < -0.4 is 4.72 Å². The zero-order valence-electron chi connectivity index (χ0n) is 11.2. The van der Waals surface area contributed by atoms with Crippen molar-refractivity contribution in [3.05, 3.63) is 53.0 Å². The van der Waals surface area contributed by atoms with Crippen LogP contribution in [-0.2, 0) is 16.6 Å². The molecule has 0 radical (unpaired) electrons. The zero-order valence-corrected chi connectivity index (χ0v) is 12.0. The van der Waals surface area contributed by atoms with Gasteiger partial charge in [0.05, 0.1) is 22.8 Å². The van der Waals surface area contributed by atoms with Crippen LogP contribution in [0.1, 0.15) is 22.5 Å². The van der Waals surface area contributed by atoms with Gasteiger partial charge in [0.15, 0.2) is 0 Å². The molecule has 0 fully saturated rings. The van der Waals surface area contributed by atoms with Crippen molar-refractivity contribution < 1.29 is 12.8 Å². The maximum Gasteiger partial charge on any atom is 0.241 e. The van der Waals surface area contributed by atoms with Crippen LogP contribution in [0, 0.1) is 25.2 Å². The summed E-state index contributed by atoms with van der Waals surface area (Å²) < 4.78 is 32.1. The fourth-order valence-corrected chi connectivity index (χ4v) is 3.10. The van der Waals surface area contributed by atoms with E-state index in [1.165, 1.54) is 18.4 Å². The van der Waals surface area contributed by atoms with E-state index in [1.54, 1.807) is 26.0 Å². The molecule has 0 aliphatic heterocycles. The maximum atomic E-state index is 12.2. The van der Waals surface area contributed by atoms with Gasteiger partial charge in [-0.1, -0.05) is 0 Å². The average molecular weight is 290 g/mol. The minimum absolute atomic E-state index is 0.171. The molecule has 0 bridgehead atoms. The first-order valence-electron chi connectivity index (χ1n) is 5.97. The Morgan fingerprint density at radius 3 is 2.60 bits per heavy atom. The lowest BCUT2D eigenvalue weighted by atomic mass is 10.2. The summed E-state index contributed by atoms with van der Waals surface area (Å²) in [5.74, 6) is 0.684. The van der Waals surface area contributed by atoms with Crippen LogP contribution in [-0.4, -0.2) is 8.42 Å². The van der Waals surface area contributed by atoms with Gasteiger partial charge in [-0.25, -0.2) is 13.1 Å².